The summed E-state index contributed by atoms with van der Waals surface area (Å²) in [5.74, 6) is 0. The van der Waals surface area contributed by atoms with Gasteiger partial charge in [0.05, 0.1) is 0 Å². The molecule has 104 valence electrons. The summed E-state index contributed by atoms with van der Waals surface area (Å²) < 4.78 is 1.51. The molecule has 0 amide bonds. The standard InChI is InChI=1S/C12H25.C6H6.Na/c1-3-5-7-9-11-12-10-8-6-4-2;1-2-4-6-5-3-1;/h1,3-12H2,2H3;1-6H;. The topological polar surface area (TPSA) is 0 Å². The van der Waals surface area contributed by atoms with E-state index >= 15 is 0 Å². The second kappa shape index (κ2) is 18.2. The summed E-state index contributed by atoms with van der Waals surface area (Å²) in [6, 6.07) is 12.0. The molecule has 0 aromatic heterocycles. The fourth-order valence-corrected chi connectivity index (χ4v) is 2.62. The number of hydrogen-bond donors (Lipinski definition) is 0. The summed E-state index contributed by atoms with van der Waals surface area (Å²) in [5, 5.41) is 0. The van der Waals surface area contributed by atoms with Crippen LogP contribution in [-0.4, -0.2) is 27.9 Å². The molecule has 0 bridgehead atoms. The monoisotopic (exact) mass is 270 g/mol. The van der Waals surface area contributed by atoms with Crippen LogP contribution in [0.25, 0.3) is 0 Å². The maximum atomic E-state index is 2.29. The molecule has 0 unspecified atom stereocenters. The summed E-state index contributed by atoms with van der Waals surface area (Å²) in [5.41, 5.74) is 0. The molecule has 0 nitrogen and oxygen atoms in total. The van der Waals surface area contributed by atoms with E-state index in [2.05, 4.69) is 6.92 Å². The number of benzene rings is 1. The Kier molecular flexibility index (Phi) is 18.4. The van der Waals surface area contributed by atoms with Crippen molar-refractivity contribution in [3.05, 3.63) is 36.4 Å². The minimum absolute atomic E-state index is 1.38. The molecule has 0 heterocycles. The van der Waals surface area contributed by atoms with Crippen molar-refractivity contribution in [2.75, 3.05) is 0 Å². The average molecular weight is 270 g/mol. The van der Waals surface area contributed by atoms with E-state index in [0.29, 0.717) is 0 Å². The fourth-order valence-electron chi connectivity index (χ4n) is 2.12. The van der Waals surface area contributed by atoms with Crippen molar-refractivity contribution in [2.45, 2.75) is 74.8 Å². The minimum Gasteiger partial charge on any atom is -0.0623 e. The molecule has 0 N–H and O–H groups in total. The summed E-state index contributed by atoms with van der Waals surface area (Å²) in [6.45, 7) is 2.29. The van der Waals surface area contributed by atoms with Gasteiger partial charge in [0.25, 0.3) is 0 Å². The molecule has 0 aliphatic carbocycles. The van der Waals surface area contributed by atoms with Gasteiger partial charge in [0.15, 0.2) is 0 Å². The van der Waals surface area contributed by atoms with E-state index in [1.807, 2.05) is 36.4 Å². The molecule has 0 aliphatic heterocycles. The van der Waals surface area contributed by atoms with Crippen molar-refractivity contribution in [1.82, 2.24) is 0 Å². The molecule has 0 spiro atoms. The Bertz CT molecular complexity index is 196. The first-order valence-corrected chi connectivity index (χ1v) is 9.83. The Morgan fingerprint density at radius 3 is 1.16 bits per heavy atom. The van der Waals surface area contributed by atoms with Crippen molar-refractivity contribution in [3.8, 4) is 0 Å². The zero-order valence-corrected chi connectivity index (χ0v) is 15.2. The van der Waals surface area contributed by atoms with Crippen LogP contribution >= 0.6 is 0 Å². The molecular weight excluding hydrogens is 239 g/mol. The molecule has 19 heavy (non-hydrogen) atoms. The summed E-state index contributed by atoms with van der Waals surface area (Å²) >= 11 is 1.41. The molecule has 0 saturated carbocycles. The van der Waals surface area contributed by atoms with Gasteiger partial charge in [-0.05, 0) is 0 Å². The Balaban J connectivity index is 0.000000443. The molecule has 1 rings (SSSR count). The van der Waals surface area contributed by atoms with Crippen molar-refractivity contribution in [2.24, 2.45) is 0 Å². The maximum absolute atomic E-state index is 2.29. The van der Waals surface area contributed by atoms with Gasteiger partial charge in [-0.25, -0.2) is 0 Å². The van der Waals surface area contributed by atoms with Gasteiger partial charge in [-0.15, -0.1) is 0 Å². The van der Waals surface area contributed by atoms with Crippen molar-refractivity contribution in [3.63, 3.8) is 0 Å². The third-order valence-electron chi connectivity index (χ3n) is 3.37. The summed E-state index contributed by atoms with van der Waals surface area (Å²) in [6.07, 6.45) is 14.7. The molecule has 0 radical (unpaired) electrons. The predicted octanol–water partition coefficient (Wildman–Crippen LogP) is 6.18. The molecule has 0 atom stereocenters. The van der Waals surface area contributed by atoms with Crippen LogP contribution in [0.2, 0.25) is 3.67 Å². The predicted molar refractivity (Wildman–Crippen MR) is 88.8 cm³/mol. The summed E-state index contributed by atoms with van der Waals surface area (Å²) in [7, 11) is 0. The van der Waals surface area contributed by atoms with Gasteiger partial charge in [0, 0.05) is 0 Å². The number of rotatable bonds is 10. The van der Waals surface area contributed by atoms with Gasteiger partial charge in [-0.1, -0.05) is 36.4 Å². The maximum Gasteiger partial charge on any atom is -0.0623 e. The van der Waals surface area contributed by atoms with E-state index in [-0.39, 0.29) is 0 Å². The Morgan fingerprint density at radius 2 is 0.842 bits per heavy atom. The molecule has 0 aliphatic rings. The van der Waals surface area contributed by atoms with Gasteiger partial charge < -0.3 is 0 Å². The van der Waals surface area contributed by atoms with E-state index in [0.717, 1.165) is 0 Å². The number of unbranched alkanes of at least 4 members (excludes halogenated alkanes) is 9. The molecule has 1 aromatic carbocycles. The quantitative estimate of drug-likeness (QED) is 0.352. The Labute approximate surface area is 138 Å². The van der Waals surface area contributed by atoms with Crippen LogP contribution in [0.4, 0.5) is 0 Å². The Hall–Kier alpha value is 0.220. The van der Waals surface area contributed by atoms with Crippen LogP contribution in [0.3, 0.4) is 0 Å². The Morgan fingerprint density at radius 1 is 0.526 bits per heavy atom. The first-order chi connectivity index (χ1) is 9.41. The van der Waals surface area contributed by atoms with Gasteiger partial charge in [0.2, 0.25) is 0 Å². The second-order valence-corrected chi connectivity index (χ2v) is 6.34. The van der Waals surface area contributed by atoms with Crippen LogP contribution in [0.1, 0.15) is 71.1 Å². The van der Waals surface area contributed by atoms with E-state index in [1.165, 1.54) is 95.8 Å². The van der Waals surface area contributed by atoms with Crippen LogP contribution in [0, 0.1) is 0 Å². The molecule has 0 fully saturated rings. The molecular formula is C18H31Na. The van der Waals surface area contributed by atoms with Crippen LogP contribution < -0.4 is 0 Å². The van der Waals surface area contributed by atoms with Gasteiger partial charge >= 0.3 is 103 Å². The van der Waals surface area contributed by atoms with E-state index < -0.39 is 0 Å². The first kappa shape index (κ1) is 19.2. The van der Waals surface area contributed by atoms with E-state index in [1.54, 1.807) is 0 Å². The van der Waals surface area contributed by atoms with Crippen molar-refractivity contribution >= 4 is 27.9 Å². The largest absolute Gasteiger partial charge is 0.0623 e. The van der Waals surface area contributed by atoms with E-state index in [9.17, 15) is 0 Å². The molecule has 0 saturated heterocycles. The van der Waals surface area contributed by atoms with Crippen LogP contribution in [0.15, 0.2) is 36.4 Å². The van der Waals surface area contributed by atoms with Gasteiger partial charge in [-0.2, -0.15) is 0 Å². The minimum atomic E-state index is 1.38. The normalized spacial score (nSPS) is 9.84. The third-order valence-corrected chi connectivity index (χ3v) is 4.08. The molecule has 1 heteroatoms. The SMILES string of the molecule is CCCCCCCCCCC[CH2][Na].c1ccccc1. The van der Waals surface area contributed by atoms with Crippen LogP contribution in [0.5, 0.6) is 0 Å². The average Bonchev–Trinajstić information content (AvgIpc) is 2.48. The van der Waals surface area contributed by atoms with Crippen LogP contribution in [-0.2, 0) is 0 Å². The first-order valence-electron chi connectivity index (χ1n) is 8.41. The van der Waals surface area contributed by atoms with Gasteiger partial charge in [0.1, 0.15) is 0 Å². The smallest absolute Gasteiger partial charge is 0.0623 e. The second-order valence-electron chi connectivity index (χ2n) is 5.34. The molecule has 1 aromatic rings. The fraction of sp³-hybridized carbons (Fsp3) is 0.667. The zero-order valence-electron chi connectivity index (χ0n) is 13.2. The number of hydrogen-bond acceptors (Lipinski definition) is 0. The van der Waals surface area contributed by atoms with E-state index in [4.69, 9.17) is 0 Å². The third kappa shape index (κ3) is 18.2. The van der Waals surface area contributed by atoms with Crippen molar-refractivity contribution < 1.29 is 0 Å². The van der Waals surface area contributed by atoms with Gasteiger partial charge in [-0.3, -0.25) is 0 Å². The van der Waals surface area contributed by atoms with Crippen molar-refractivity contribution in [1.29, 1.82) is 0 Å². The zero-order chi connectivity index (χ0) is 14.0. The summed E-state index contributed by atoms with van der Waals surface area (Å²) in [4.78, 5) is 0.